The number of urea groups is 1. The Balaban J connectivity index is 1.80. The molecule has 0 aromatic heterocycles. The summed E-state index contributed by atoms with van der Waals surface area (Å²) in [5.74, 6) is 0.0642. The zero-order chi connectivity index (χ0) is 21.7. The molecule has 0 saturated carbocycles. The van der Waals surface area contributed by atoms with E-state index in [9.17, 15) is 9.59 Å². The Kier molecular flexibility index (Phi) is 7.29. The number of methoxy groups -OCH3 is 2. The van der Waals surface area contributed by atoms with E-state index in [1.165, 1.54) is 29.6 Å². The fraction of sp³-hybridized carbons (Fsp3) is 0.478. The number of benzene rings is 2. The number of carbonyl (C=O) groups is 2. The van der Waals surface area contributed by atoms with Gasteiger partial charge in [-0.3, -0.25) is 9.80 Å². The molecule has 30 heavy (non-hydrogen) atoms. The molecule has 2 amide bonds. The third-order valence-corrected chi connectivity index (χ3v) is 5.54. The third-order valence-electron chi connectivity index (χ3n) is 5.54. The molecule has 0 N–H and O–H groups in total. The van der Waals surface area contributed by atoms with Crippen molar-refractivity contribution < 1.29 is 23.8 Å². The van der Waals surface area contributed by atoms with Crippen molar-refractivity contribution in [3.8, 4) is 0 Å². The van der Waals surface area contributed by atoms with Crippen LogP contribution in [0.1, 0.15) is 42.1 Å². The van der Waals surface area contributed by atoms with Gasteiger partial charge in [0.2, 0.25) is 0 Å². The van der Waals surface area contributed by atoms with E-state index in [0.717, 1.165) is 17.2 Å². The first-order valence-corrected chi connectivity index (χ1v) is 10.2. The molecule has 1 heterocycles. The van der Waals surface area contributed by atoms with Gasteiger partial charge in [-0.1, -0.05) is 44.2 Å². The van der Waals surface area contributed by atoms with E-state index in [2.05, 4.69) is 26.0 Å². The van der Waals surface area contributed by atoms with Crippen LogP contribution < -0.4 is 0 Å². The summed E-state index contributed by atoms with van der Waals surface area (Å²) in [5, 5.41) is 1.88. The van der Waals surface area contributed by atoms with Crippen molar-refractivity contribution in [2.24, 2.45) is 0 Å². The second-order valence-electron chi connectivity index (χ2n) is 7.69. The quantitative estimate of drug-likeness (QED) is 0.614. The molecule has 1 aliphatic rings. The summed E-state index contributed by atoms with van der Waals surface area (Å²) in [6.07, 6.45) is 0.582. The summed E-state index contributed by atoms with van der Waals surface area (Å²) in [6, 6.07) is 11.7. The van der Waals surface area contributed by atoms with Crippen LogP contribution in [0.3, 0.4) is 0 Å². The lowest BCUT2D eigenvalue weighted by molar-refractivity contribution is -0.0401. The van der Waals surface area contributed by atoms with Gasteiger partial charge in [-0.25, -0.2) is 9.59 Å². The van der Waals surface area contributed by atoms with Crippen molar-refractivity contribution in [2.45, 2.75) is 32.3 Å². The topological polar surface area (TPSA) is 68.3 Å². The first-order chi connectivity index (χ1) is 14.5. The first-order valence-electron chi connectivity index (χ1n) is 10.2. The molecule has 7 nitrogen and oxygen atoms in total. The lowest BCUT2D eigenvalue weighted by Crippen LogP contribution is -2.57. The van der Waals surface area contributed by atoms with Crippen LogP contribution >= 0.6 is 0 Å². The van der Waals surface area contributed by atoms with Crippen LogP contribution in [-0.4, -0.2) is 68.7 Å². The first kappa shape index (κ1) is 22.1. The zero-order valence-electron chi connectivity index (χ0n) is 18.1. The molecule has 1 unspecified atom stereocenters. The molecule has 1 fully saturated rings. The molecule has 1 atom stereocenters. The van der Waals surface area contributed by atoms with Crippen LogP contribution in [0, 0.1) is 0 Å². The number of nitrogens with zero attached hydrogens (tertiary/aromatic N) is 2. The molecule has 0 bridgehead atoms. The van der Waals surface area contributed by atoms with Gasteiger partial charge >= 0.3 is 12.0 Å². The van der Waals surface area contributed by atoms with Gasteiger partial charge in [0.05, 0.1) is 18.7 Å². The number of ether oxygens (including phenoxy) is 3. The third kappa shape index (κ3) is 4.74. The minimum absolute atomic E-state index is 0.125. The van der Waals surface area contributed by atoms with Crippen molar-refractivity contribution in [1.82, 2.24) is 9.80 Å². The monoisotopic (exact) mass is 414 g/mol. The number of fused-ring (bicyclic) bond motifs is 1. The van der Waals surface area contributed by atoms with E-state index in [1.54, 1.807) is 6.07 Å². The minimum Gasteiger partial charge on any atom is -0.455 e. The maximum absolute atomic E-state index is 13.0. The number of carbonyl (C=O) groups excluding carboxylic acids is 2. The van der Waals surface area contributed by atoms with Crippen molar-refractivity contribution in [3.05, 3.63) is 47.5 Å². The van der Waals surface area contributed by atoms with Crippen LogP contribution in [0.4, 0.5) is 4.79 Å². The van der Waals surface area contributed by atoms with Crippen molar-refractivity contribution in [1.29, 1.82) is 0 Å². The number of rotatable bonds is 8. The lowest BCUT2D eigenvalue weighted by atomic mass is 9.94. The van der Waals surface area contributed by atoms with E-state index < -0.39 is 12.1 Å². The van der Waals surface area contributed by atoms with Gasteiger partial charge in [0.25, 0.3) is 0 Å². The Morgan fingerprint density at radius 3 is 2.37 bits per heavy atom. The molecule has 7 heteroatoms. The summed E-state index contributed by atoms with van der Waals surface area (Å²) in [7, 11) is 3.04. The van der Waals surface area contributed by atoms with Crippen LogP contribution in [0.5, 0.6) is 0 Å². The van der Waals surface area contributed by atoms with E-state index in [1.807, 2.05) is 18.2 Å². The lowest BCUT2D eigenvalue weighted by Gasteiger charge is -2.38. The maximum Gasteiger partial charge on any atom is 0.339 e. The Morgan fingerprint density at radius 2 is 1.77 bits per heavy atom. The normalized spacial score (nSPS) is 16.2. The molecule has 162 valence electrons. The van der Waals surface area contributed by atoms with Crippen LogP contribution in [0.15, 0.2) is 36.4 Å². The number of amides is 2. The predicted molar refractivity (Wildman–Crippen MR) is 114 cm³/mol. The highest BCUT2D eigenvalue weighted by Gasteiger charge is 2.34. The van der Waals surface area contributed by atoms with Crippen LogP contribution in [-0.2, 0) is 14.2 Å². The minimum atomic E-state index is -0.477. The summed E-state index contributed by atoms with van der Waals surface area (Å²) in [6.45, 7) is 5.17. The van der Waals surface area contributed by atoms with E-state index >= 15 is 0 Å². The Bertz CT molecular complexity index is 882. The number of hydrogen-bond acceptors (Lipinski definition) is 5. The molecule has 0 spiro atoms. The van der Waals surface area contributed by atoms with Gasteiger partial charge in [0, 0.05) is 14.2 Å². The standard InChI is InChI=1S/C23H30N2O5/c1-5-16(2)17-9-10-20-18(11-17)7-6-8-21(20)22(26)30-19-12-24(14-28-3)23(27)25(13-19)15-29-4/h6-11,16,19H,5,12-15H2,1-4H3. The fourth-order valence-electron chi connectivity index (χ4n) is 3.74. The van der Waals surface area contributed by atoms with Crippen molar-refractivity contribution >= 4 is 22.8 Å². The smallest absolute Gasteiger partial charge is 0.339 e. The van der Waals surface area contributed by atoms with E-state index in [0.29, 0.717) is 11.5 Å². The highest BCUT2D eigenvalue weighted by atomic mass is 16.5. The molecule has 2 aromatic carbocycles. The fourth-order valence-corrected chi connectivity index (χ4v) is 3.74. The average molecular weight is 415 g/mol. The van der Waals surface area contributed by atoms with Gasteiger partial charge in [0.15, 0.2) is 0 Å². The molecule has 3 rings (SSSR count). The summed E-state index contributed by atoms with van der Waals surface area (Å²) in [5.41, 5.74) is 1.78. The highest BCUT2D eigenvalue weighted by Crippen LogP contribution is 2.26. The Morgan fingerprint density at radius 1 is 1.10 bits per heavy atom. The number of esters is 1. The average Bonchev–Trinajstić information content (AvgIpc) is 2.75. The molecular formula is C23H30N2O5. The van der Waals surface area contributed by atoms with Crippen LogP contribution in [0.2, 0.25) is 0 Å². The van der Waals surface area contributed by atoms with Gasteiger partial charge in [0.1, 0.15) is 19.6 Å². The summed E-state index contributed by atoms with van der Waals surface area (Å²) < 4.78 is 16.0. The summed E-state index contributed by atoms with van der Waals surface area (Å²) >= 11 is 0. The van der Waals surface area contributed by atoms with Crippen LogP contribution in [0.25, 0.3) is 10.8 Å². The molecule has 0 aliphatic carbocycles. The molecule has 2 aromatic rings. The SMILES string of the molecule is CCC(C)c1ccc2c(C(=O)OC3CN(COC)C(=O)N(COC)C3)cccc2c1. The summed E-state index contributed by atoms with van der Waals surface area (Å²) in [4.78, 5) is 28.5. The predicted octanol–water partition coefficient (Wildman–Crippen LogP) is 3.82. The Hall–Kier alpha value is -2.64. The van der Waals surface area contributed by atoms with E-state index in [4.69, 9.17) is 14.2 Å². The molecule has 1 aliphatic heterocycles. The van der Waals surface area contributed by atoms with Crippen molar-refractivity contribution in [3.63, 3.8) is 0 Å². The maximum atomic E-state index is 13.0. The van der Waals surface area contributed by atoms with Gasteiger partial charge in [-0.15, -0.1) is 0 Å². The van der Waals surface area contributed by atoms with Crippen molar-refractivity contribution in [2.75, 3.05) is 40.8 Å². The second-order valence-corrected chi connectivity index (χ2v) is 7.69. The van der Waals surface area contributed by atoms with E-state index in [-0.39, 0.29) is 32.6 Å². The van der Waals surface area contributed by atoms with Gasteiger partial charge < -0.3 is 14.2 Å². The molecular weight excluding hydrogens is 384 g/mol. The molecule has 0 radical (unpaired) electrons. The van der Waals surface area contributed by atoms with Gasteiger partial charge in [-0.05, 0) is 34.7 Å². The van der Waals surface area contributed by atoms with Gasteiger partial charge in [-0.2, -0.15) is 0 Å². The Labute approximate surface area is 177 Å². The largest absolute Gasteiger partial charge is 0.455 e. The second kappa shape index (κ2) is 9.91. The zero-order valence-corrected chi connectivity index (χ0v) is 18.1. The molecule has 1 saturated heterocycles. The highest BCUT2D eigenvalue weighted by molar-refractivity contribution is 6.04. The number of hydrogen-bond donors (Lipinski definition) is 0.